The lowest BCUT2D eigenvalue weighted by Gasteiger charge is -2.22. The van der Waals surface area contributed by atoms with Crippen molar-refractivity contribution < 1.29 is 9.66 Å². The molecule has 1 unspecified atom stereocenters. The minimum Gasteiger partial charge on any atom is -0.474 e. The molecule has 2 aromatic carbocycles. The Balaban J connectivity index is 2.08. The summed E-state index contributed by atoms with van der Waals surface area (Å²) in [4.78, 5) is 10.9. The average Bonchev–Trinajstić information content (AvgIpc) is 2.46. The summed E-state index contributed by atoms with van der Waals surface area (Å²) in [6.07, 6.45) is 0.888. The maximum Gasteiger partial charge on any atom is 0.291 e. The summed E-state index contributed by atoms with van der Waals surface area (Å²) in [7, 11) is 0. The number of rotatable bonds is 2. The van der Waals surface area contributed by atoms with Crippen LogP contribution in [0.15, 0.2) is 58.7 Å². The Hall–Kier alpha value is -2.14. The molecule has 0 saturated carbocycles. The summed E-state index contributed by atoms with van der Waals surface area (Å²) in [5.74, 6) is 0.658. The van der Waals surface area contributed by atoms with Gasteiger partial charge in [0.25, 0.3) is 5.70 Å². The quantitative estimate of drug-likeness (QED) is 0.612. The topological polar surface area (TPSA) is 52.4 Å². The van der Waals surface area contributed by atoms with E-state index in [1.165, 1.54) is 0 Å². The molecule has 0 aliphatic carbocycles. The highest BCUT2D eigenvalue weighted by atomic mass is 79.9. The Labute approximate surface area is 124 Å². The van der Waals surface area contributed by atoms with Crippen molar-refractivity contribution in [1.82, 2.24) is 0 Å². The van der Waals surface area contributed by atoms with Gasteiger partial charge in [0, 0.05) is 21.7 Å². The Morgan fingerprint density at radius 1 is 1.10 bits per heavy atom. The third-order valence-electron chi connectivity index (χ3n) is 3.12. The predicted octanol–water partition coefficient (Wildman–Crippen LogP) is 4.20. The largest absolute Gasteiger partial charge is 0.474 e. The number of nitrogens with zero attached hydrogens (tertiary/aromatic N) is 1. The molecule has 1 heterocycles. The van der Waals surface area contributed by atoms with E-state index in [-0.39, 0.29) is 10.6 Å². The van der Waals surface area contributed by atoms with Crippen LogP contribution in [0.25, 0.3) is 6.08 Å². The highest BCUT2D eigenvalue weighted by molar-refractivity contribution is 9.10. The molecule has 2 aromatic rings. The number of hydrogen-bond donors (Lipinski definition) is 0. The lowest BCUT2D eigenvalue weighted by atomic mass is 10.0. The molecule has 20 heavy (non-hydrogen) atoms. The Morgan fingerprint density at radius 3 is 2.50 bits per heavy atom. The highest BCUT2D eigenvalue weighted by Gasteiger charge is 2.32. The fraction of sp³-hybridized carbons (Fsp3) is 0.0667. The summed E-state index contributed by atoms with van der Waals surface area (Å²) < 4.78 is 6.73. The molecule has 4 nitrogen and oxygen atoms in total. The van der Waals surface area contributed by atoms with E-state index in [4.69, 9.17) is 4.74 Å². The van der Waals surface area contributed by atoms with Crippen LogP contribution < -0.4 is 4.74 Å². The Bertz CT molecular complexity index is 695. The maximum absolute atomic E-state index is 11.3. The molecule has 5 heteroatoms. The molecule has 0 saturated heterocycles. The second kappa shape index (κ2) is 5.09. The van der Waals surface area contributed by atoms with Gasteiger partial charge in [-0.1, -0.05) is 46.3 Å². The van der Waals surface area contributed by atoms with Crippen molar-refractivity contribution in [3.63, 3.8) is 0 Å². The zero-order chi connectivity index (χ0) is 14.1. The van der Waals surface area contributed by atoms with Crippen molar-refractivity contribution in [3.8, 4) is 5.75 Å². The zero-order valence-corrected chi connectivity index (χ0v) is 11.9. The lowest BCUT2D eigenvalue weighted by Crippen LogP contribution is -2.19. The van der Waals surface area contributed by atoms with Crippen LogP contribution in [-0.2, 0) is 0 Å². The molecular weight excluding hydrogens is 322 g/mol. The van der Waals surface area contributed by atoms with Crippen molar-refractivity contribution in [2.45, 2.75) is 6.10 Å². The monoisotopic (exact) mass is 331 g/mol. The van der Waals surface area contributed by atoms with Crippen LogP contribution in [0.3, 0.4) is 0 Å². The first-order valence-corrected chi connectivity index (χ1v) is 6.81. The van der Waals surface area contributed by atoms with Gasteiger partial charge in [0.05, 0.1) is 4.92 Å². The van der Waals surface area contributed by atoms with Crippen LogP contribution in [0, 0.1) is 10.1 Å². The molecule has 1 aliphatic heterocycles. The van der Waals surface area contributed by atoms with E-state index < -0.39 is 6.10 Å². The Morgan fingerprint density at radius 2 is 1.80 bits per heavy atom. The molecule has 0 amide bonds. The highest BCUT2D eigenvalue weighted by Crippen LogP contribution is 2.37. The van der Waals surface area contributed by atoms with Crippen molar-refractivity contribution in [2.75, 3.05) is 0 Å². The first kappa shape index (κ1) is 12.9. The van der Waals surface area contributed by atoms with Gasteiger partial charge >= 0.3 is 0 Å². The lowest BCUT2D eigenvalue weighted by molar-refractivity contribution is -0.434. The molecule has 1 atom stereocenters. The molecule has 1 aliphatic rings. The number of ether oxygens (including phenoxy) is 1. The minimum absolute atomic E-state index is 0.0472. The van der Waals surface area contributed by atoms with Crippen LogP contribution >= 0.6 is 15.9 Å². The Kier molecular flexibility index (Phi) is 3.28. The van der Waals surface area contributed by atoms with E-state index in [2.05, 4.69) is 15.9 Å². The van der Waals surface area contributed by atoms with Crippen LogP contribution in [-0.4, -0.2) is 4.92 Å². The van der Waals surface area contributed by atoms with E-state index in [1.54, 1.807) is 12.1 Å². The number of hydrogen-bond acceptors (Lipinski definition) is 3. The molecule has 0 radical (unpaired) electrons. The molecule has 0 fully saturated rings. The number of halogens is 1. The molecular formula is C15H10BrNO3. The number of nitro groups is 1. The second-order valence-electron chi connectivity index (χ2n) is 4.41. The number of fused-ring (bicyclic) bond motifs is 1. The van der Waals surface area contributed by atoms with E-state index >= 15 is 0 Å². The van der Waals surface area contributed by atoms with Gasteiger partial charge in [-0.15, -0.1) is 0 Å². The van der Waals surface area contributed by atoms with Crippen LogP contribution in [0.4, 0.5) is 0 Å². The minimum atomic E-state index is -0.687. The molecule has 100 valence electrons. The van der Waals surface area contributed by atoms with Crippen molar-refractivity contribution in [1.29, 1.82) is 0 Å². The fourth-order valence-electron chi connectivity index (χ4n) is 2.15. The zero-order valence-electron chi connectivity index (χ0n) is 10.3. The maximum atomic E-state index is 11.3. The van der Waals surface area contributed by atoms with E-state index in [1.807, 2.05) is 42.5 Å². The van der Waals surface area contributed by atoms with Gasteiger partial charge in [-0.05, 0) is 18.2 Å². The third-order valence-corrected chi connectivity index (χ3v) is 3.65. The van der Waals surface area contributed by atoms with Gasteiger partial charge in [-0.25, -0.2) is 0 Å². The normalized spacial score (nSPS) is 16.9. The van der Waals surface area contributed by atoms with Gasteiger partial charge in [-0.3, -0.25) is 10.1 Å². The summed E-state index contributed by atoms with van der Waals surface area (Å²) in [5, 5.41) is 11.3. The molecule has 0 bridgehead atoms. The van der Waals surface area contributed by atoms with Crippen molar-refractivity contribution in [3.05, 3.63) is 79.9 Å². The standard InChI is InChI=1S/C15H10BrNO3/c16-12-7-5-10(6-8-12)15-13(17(18)19)9-11-3-1-2-4-14(11)20-15/h1-9,15H. The van der Waals surface area contributed by atoms with Crippen molar-refractivity contribution >= 4 is 22.0 Å². The van der Waals surface area contributed by atoms with E-state index in [0.29, 0.717) is 5.75 Å². The first-order valence-electron chi connectivity index (χ1n) is 6.02. The van der Waals surface area contributed by atoms with Gasteiger partial charge in [0.2, 0.25) is 6.10 Å². The summed E-state index contributed by atoms with van der Waals surface area (Å²) in [5.41, 5.74) is 1.53. The molecule has 3 rings (SSSR count). The van der Waals surface area contributed by atoms with Crippen molar-refractivity contribution in [2.24, 2.45) is 0 Å². The predicted molar refractivity (Wildman–Crippen MR) is 78.9 cm³/mol. The molecule has 0 spiro atoms. The van der Waals surface area contributed by atoms with Gasteiger partial charge < -0.3 is 4.74 Å². The average molecular weight is 332 g/mol. The summed E-state index contributed by atoms with van der Waals surface area (Å²) >= 11 is 3.35. The second-order valence-corrected chi connectivity index (χ2v) is 5.33. The first-order chi connectivity index (χ1) is 9.65. The van der Waals surface area contributed by atoms with E-state index in [0.717, 1.165) is 15.6 Å². The van der Waals surface area contributed by atoms with Crippen LogP contribution in [0.1, 0.15) is 17.2 Å². The molecule has 0 N–H and O–H groups in total. The van der Waals surface area contributed by atoms with Crippen LogP contribution in [0.2, 0.25) is 0 Å². The van der Waals surface area contributed by atoms with Gasteiger partial charge in [0.15, 0.2) is 0 Å². The van der Waals surface area contributed by atoms with Crippen LogP contribution in [0.5, 0.6) is 5.75 Å². The number of benzene rings is 2. The van der Waals surface area contributed by atoms with Gasteiger partial charge in [-0.2, -0.15) is 0 Å². The SMILES string of the molecule is O=[N+]([O-])C1=Cc2ccccc2OC1c1ccc(Br)cc1. The smallest absolute Gasteiger partial charge is 0.291 e. The third kappa shape index (κ3) is 2.32. The fourth-order valence-corrected chi connectivity index (χ4v) is 2.42. The van der Waals surface area contributed by atoms with E-state index in [9.17, 15) is 10.1 Å². The summed E-state index contributed by atoms with van der Waals surface area (Å²) in [6, 6.07) is 14.6. The van der Waals surface area contributed by atoms with Gasteiger partial charge in [0.1, 0.15) is 5.75 Å². The summed E-state index contributed by atoms with van der Waals surface area (Å²) in [6.45, 7) is 0. The number of para-hydroxylation sites is 1. The molecule has 0 aromatic heterocycles.